The predicted molar refractivity (Wildman–Crippen MR) is 119 cm³/mol. The van der Waals surface area contributed by atoms with Crippen molar-refractivity contribution in [3.8, 4) is 0 Å². The van der Waals surface area contributed by atoms with Crippen LogP contribution in [0.3, 0.4) is 0 Å². The molecule has 0 spiro atoms. The first-order valence-electron chi connectivity index (χ1n) is 9.93. The van der Waals surface area contributed by atoms with Crippen molar-refractivity contribution in [2.24, 2.45) is 10.9 Å². The van der Waals surface area contributed by atoms with Gasteiger partial charge in [-0.05, 0) is 18.1 Å². The zero-order chi connectivity index (χ0) is 20.3. The van der Waals surface area contributed by atoms with E-state index in [4.69, 9.17) is 9.72 Å². The summed E-state index contributed by atoms with van der Waals surface area (Å²) >= 11 is 0. The molecule has 5 heteroatoms. The van der Waals surface area contributed by atoms with E-state index >= 15 is 0 Å². The molecule has 0 bridgehead atoms. The number of ether oxygens (including phenoxy) is 1. The first kappa shape index (κ1) is 19.6. The van der Waals surface area contributed by atoms with Gasteiger partial charge in [0.2, 0.25) is 5.90 Å². The molecule has 0 amide bonds. The van der Waals surface area contributed by atoms with Crippen molar-refractivity contribution in [2.75, 3.05) is 6.61 Å². The van der Waals surface area contributed by atoms with Crippen molar-refractivity contribution in [3.05, 3.63) is 90.3 Å². The highest BCUT2D eigenvalue weighted by Gasteiger charge is 2.29. The average molecular weight is 404 g/mol. The summed E-state index contributed by atoms with van der Waals surface area (Å²) in [7, 11) is -2.87. The molecule has 0 saturated heterocycles. The highest BCUT2D eigenvalue weighted by Crippen LogP contribution is 2.46. The lowest BCUT2D eigenvalue weighted by molar-refractivity contribution is 0.291. The van der Waals surface area contributed by atoms with E-state index in [1.54, 1.807) is 0 Å². The van der Waals surface area contributed by atoms with E-state index in [2.05, 4.69) is 18.8 Å². The van der Waals surface area contributed by atoms with Gasteiger partial charge >= 0.3 is 0 Å². The van der Waals surface area contributed by atoms with Crippen LogP contribution in [0.15, 0.2) is 83.9 Å². The molecule has 3 aromatic rings. The highest BCUT2D eigenvalue weighted by atomic mass is 31.2. The van der Waals surface area contributed by atoms with Gasteiger partial charge < -0.3 is 9.30 Å². The Balaban J connectivity index is 1.69. The zero-order valence-electron chi connectivity index (χ0n) is 16.7. The lowest BCUT2D eigenvalue weighted by Gasteiger charge is -2.19. The van der Waals surface area contributed by atoms with Gasteiger partial charge in [-0.15, -0.1) is 0 Å². The summed E-state index contributed by atoms with van der Waals surface area (Å²) in [5.74, 6) is 1.01. The van der Waals surface area contributed by atoms with Gasteiger partial charge in [-0.3, -0.25) is 0 Å². The summed E-state index contributed by atoms with van der Waals surface area (Å²) in [6, 6.07) is 25.3. The Labute approximate surface area is 172 Å². The van der Waals surface area contributed by atoms with E-state index in [9.17, 15) is 4.57 Å². The molecule has 0 saturated carbocycles. The van der Waals surface area contributed by atoms with E-state index < -0.39 is 7.14 Å². The first-order chi connectivity index (χ1) is 14.1. The standard InChI is InChI=1S/C24H25N2O2P/c1-18(2)23-16-28-24(26-23)22-15-9-10-19(25-22)17-29(27,20-11-5-3-6-12-20)21-13-7-4-8-14-21/h3-15,18,23H,16-17H2,1-2H3. The summed E-state index contributed by atoms with van der Waals surface area (Å²) in [6.45, 7) is 4.87. The lowest BCUT2D eigenvalue weighted by Crippen LogP contribution is -2.18. The molecule has 0 N–H and O–H groups in total. The van der Waals surface area contributed by atoms with Crippen LogP contribution in [0.1, 0.15) is 25.2 Å². The lowest BCUT2D eigenvalue weighted by atomic mass is 10.1. The molecule has 1 aliphatic rings. The van der Waals surface area contributed by atoms with Crippen molar-refractivity contribution < 1.29 is 9.30 Å². The van der Waals surface area contributed by atoms with Crippen LogP contribution >= 0.6 is 7.14 Å². The van der Waals surface area contributed by atoms with Gasteiger partial charge in [-0.1, -0.05) is 80.6 Å². The maximum Gasteiger partial charge on any atom is 0.235 e. The molecule has 0 radical (unpaired) electrons. The van der Waals surface area contributed by atoms with Crippen molar-refractivity contribution in [1.29, 1.82) is 0 Å². The molecule has 148 valence electrons. The van der Waals surface area contributed by atoms with E-state index in [0.29, 0.717) is 30.3 Å². The fourth-order valence-electron chi connectivity index (χ4n) is 3.46. The third kappa shape index (κ3) is 4.18. The maximum absolute atomic E-state index is 14.3. The molecule has 1 atom stereocenters. The van der Waals surface area contributed by atoms with E-state index in [0.717, 1.165) is 16.3 Å². The number of pyridine rings is 1. The van der Waals surface area contributed by atoms with Gasteiger partial charge in [-0.2, -0.15) is 0 Å². The van der Waals surface area contributed by atoms with E-state index in [1.807, 2.05) is 78.9 Å². The Morgan fingerprint density at radius 1 is 0.931 bits per heavy atom. The maximum atomic E-state index is 14.3. The number of nitrogens with zero attached hydrogens (tertiary/aromatic N) is 2. The molecule has 4 rings (SSSR count). The van der Waals surface area contributed by atoms with E-state index in [1.165, 1.54) is 0 Å². The van der Waals surface area contributed by atoms with Gasteiger partial charge in [0.15, 0.2) is 0 Å². The van der Waals surface area contributed by atoms with Gasteiger partial charge in [0.25, 0.3) is 0 Å². The summed E-state index contributed by atoms with van der Waals surface area (Å²) in [5, 5.41) is 1.68. The second-order valence-electron chi connectivity index (χ2n) is 7.64. The number of rotatable bonds is 6. The van der Waals surface area contributed by atoms with Crippen LogP contribution in [0, 0.1) is 5.92 Å². The molecule has 2 heterocycles. The third-order valence-electron chi connectivity index (χ3n) is 5.20. The Bertz CT molecular complexity index is 1010. The fourth-order valence-corrected chi connectivity index (χ4v) is 6.06. The average Bonchev–Trinajstić information content (AvgIpc) is 3.26. The van der Waals surface area contributed by atoms with E-state index in [-0.39, 0.29) is 6.04 Å². The Morgan fingerprint density at radius 2 is 1.55 bits per heavy atom. The third-order valence-corrected chi connectivity index (χ3v) is 8.23. The van der Waals surface area contributed by atoms with Crippen LogP contribution in [0.25, 0.3) is 0 Å². The normalized spacial score (nSPS) is 16.5. The number of hydrogen-bond donors (Lipinski definition) is 0. The molecule has 0 fully saturated rings. The van der Waals surface area contributed by atoms with Crippen LogP contribution in [-0.4, -0.2) is 23.5 Å². The van der Waals surface area contributed by atoms with Crippen LogP contribution in [0.5, 0.6) is 0 Å². The molecule has 1 aliphatic heterocycles. The van der Waals surface area contributed by atoms with Crippen LogP contribution in [-0.2, 0) is 15.5 Å². The first-order valence-corrected chi connectivity index (χ1v) is 11.8. The minimum absolute atomic E-state index is 0.162. The molecular formula is C24H25N2O2P. The Morgan fingerprint density at radius 3 is 2.10 bits per heavy atom. The second kappa shape index (κ2) is 8.34. The summed E-state index contributed by atoms with van der Waals surface area (Å²) < 4.78 is 20.0. The van der Waals surface area contributed by atoms with Gasteiger partial charge in [0, 0.05) is 16.3 Å². The molecule has 1 unspecified atom stereocenters. The monoisotopic (exact) mass is 404 g/mol. The SMILES string of the molecule is CC(C)C1COC(c2cccc(CP(=O)(c3ccccc3)c3ccccc3)n2)=N1. The van der Waals surface area contributed by atoms with Crippen molar-refractivity contribution in [3.63, 3.8) is 0 Å². The zero-order valence-corrected chi connectivity index (χ0v) is 17.6. The number of aromatic nitrogens is 1. The highest BCUT2D eigenvalue weighted by molar-refractivity contribution is 7.78. The topological polar surface area (TPSA) is 51.5 Å². The molecule has 29 heavy (non-hydrogen) atoms. The summed E-state index contributed by atoms with van der Waals surface area (Å²) in [6.07, 6.45) is 0.357. The predicted octanol–water partition coefficient (Wildman–Crippen LogP) is 4.40. The van der Waals surface area contributed by atoms with Crippen molar-refractivity contribution >= 4 is 23.6 Å². The fraction of sp³-hybridized carbons (Fsp3) is 0.250. The van der Waals surface area contributed by atoms with Gasteiger partial charge in [0.05, 0.1) is 12.2 Å². The van der Waals surface area contributed by atoms with Crippen molar-refractivity contribution in [2.45, 2.75) is 26.1 Å². The minimum atomic E-state index is -2.87. The summed E-state index contributed by atoms with van der Waals surface area (Å²) in [4.78, 5) is 9.43. The summed E-state index contributed by atoms with van der Waals surface area (Å²) in [5.41, 5.74) is 1.48. The number of hydrogen-bond acceptors (Lipinski definition) is 4. The molecule has 4 nitrogen and oxygen atoms in total. The smallest absolute Gasteiger partial charge is 0.235 e. The molecule has 2 aromatic carbocycles. The van der Waals surface area contributed by atoms with Crippen LogP contribution in [0.4, 0.5) is 0 Å². The quantitative estimate of drug-likeness (QED) is 0.573. The van der Waals surface area contributed by atoms with Crippen LogP contribution < -0.4 is 10.6 Å². The second-order valence-corrected chi connectivity index (χ2v) is 10.5. The Hall–Kier alpha value is -2.71. The minimum Gasteiger partial charge on any atom is -0.474 e. The van der Waals surface area contributed by atoms with Crippen LogP contribution in [0.2, 0.25) is 0 Å². The number of benzene rings is 2. The largest absolute Gasteiger partial charge is 0.474 e. The Kier molecular flexibility index (Phi) is 5.64. The molecular weight excluding hydrogens is 379 g/mol. The molecule has 1 aromatic heterocycles. The molecule has 0 aliphatic carbocycles. The van der Waals surface area contributed by atoms with Gasteiger partial charge in [0.1, 0.15) is 19.4 Å². The van der Waals surface area contributed by atoms with Crippen molar-refractivity contribution in [1.82, 2.24) is 4.98 Å². The van der Waals surface area contributed by atoms with Gasteiger partial charge in [-0.25, -0.2) is 9.98 Å². The number of aliphatic imine (C=N–C) groups is 1.